The molecule has 3 nitrogen and oxygen atoms in total. The molecule has 3 N–H and O–H groups in total. The first kappa shape index (κ1) is 11.0. The fraction of sp³-hybridized carbons (Fsp3) is 1.00. The molecule has 1 aliphatic heterocycles. The van der Waals surface area contributed by atoms with Gasteiger partial charge in [0.25, 0.3) is 0 Å². The Bertz CT molecular complexity index is 133. The first-order chi connectivity index (χ1) is 6.24. The largest absolute Gasteiger partial charge is 0.381 e. The summed E-state index contributed by atoms with van der Waals surface area (Å²) in [5, 5.41) is 3.51. The summed E-state index contributed by atoms with van der Waals surface area (Å²) < 4.78 is 5.31. The lowest BCUT2D eigenvalue weighted by atomic mass is 10.0. The standard InChI is InChI=1S/C10H22N2O/c1-8(2)10(5-11)12-6-9-3-4-13-7-9/h8-10,12H,3-7,11H2,1-2H3. The first-order valence-electron chi connectivity index (χ1n) is 5.25. The molecule has 0 aromatic rings. The third-order valence-corrected chi connectivity index (χ3v) is 2.75. The second-order valence-corrected chi connectivity index (χ2v) is 4.22. The zero-order chi connectivity index (χ0) is 9.68. The average molecular weight is 186 g/mol. The fourth-order valence-corrected chi connectivity index (χ4v) is 1.65. The van der Waals surface area contributed by atoms with Gasteiger partial charge in [0, 0.05) is 25.7 Å². The van der Waals surface area contributed by atoms with Gasteiger partial charge in [-0.1, -0.05) is 13.8 Å². The van der Waals surface area contributed by atoms with Crippen molar-refractivity contribution >= 4 is 0 Å². The summed E-state index contributed by atoms with van der Waals surface area (Å²) in [5.41, 5.74) is 5.66. The van der Waals surface area contributed by atoms with Crippen LogP contribution < -0.4 is 11.1 Å². The van der Waals surface area contributed by atoms with E-state index >= 15 is 0 Å². The molecule has 0 bridgehead atoms. The third-order valence-electron chi connectivity index (χ3n) is 2.75. The molecule has 0 amide bonds. The third kappa shape index (κ3) is 3.63. The fourth-order valence-electron chi connectivity index (χ4n) is 1.65. The number of nitrogens with one attached hydrogen (secondary N) is 1. The van der Waals surface area contributed by atoms with Crippen molar-refractivity contribution in [3.05, 3.63) is 0 Å². The van der Waals surface area contributed by atoms with E-state index in [2.05, 4.69) is 19.2 Å². The van der Waals surface area contributed by atoms with Crippen molar-refractivity contribution in [1.82, 2.24) is 5.32 Å². The minimum absolute atomic E-state index is 0.459. The Kier molecular flexibility index (Phi) is 4.70. The average Bonchev–Trinajstić information content (AvgIpc) is 2.57. The van der Waals surface area contributed by atoms with Crippen LogP contribution in [0.25, 0.3) is 0 Å². The van der Waals surface area contributed by atoms with Gasteiger partial charge in [0.1, 0.15) is 0 Å². The minimum Gasteiger partial charge on any atom is -0.381 e. The predicted molar refractivity (Wildman–Crippen MR) is 54.6 cm³/mol. The molecule has 0 aromatic heterocycles. The highest BCUT2D eigenvalue weighted by Gasteiger charge is 2.17. The molecule has 2 atom stereocenters. The van der Waals surface area contributed by atoms with Gasteiger partial charge in [-0.15, -0.1) is 0 Å². The van der Waals surface area contributed by atoms with Crippen molar-refractivity contribution in [3.8, 4) is 0 Å². The van der Waals surface area contributed by atoms with Crippen molar-refractivity contribution in [2.45, 2.75) is 26.3 Å². The molecule has 0 aliphatic carbocycles. The summed E-state index contributed by atoms with van der Waals surface area (Å²) in [6.07, 6.45) is 1.20. The Morgan fingerprint density at radius 1 is 1.54 bits per heavy atom. The highest BCUT2D eigenvalue weighted by Crippen LogP contribution is 2.11. The van der Waals surface area contributed by atoms with Gasteiger partial charge in [-0.3, -0.25) is 0 Å². The number of nitrogens with two attached hydrogens (primary N) is 1. The van der Waals surface area contributed by atoms with E-state index in [0.717, 1.165) is 26.3 Å². The van der Waals surface area contributed by atoms with E-state index in [4.69, 9.17) is 10.5 Å². The molecule has 1 aliphatic rings. The number of rotatable bonds is 5. The van der Waals surface area contributed by atoms with Crippen LogP contribution >= 0.6 is 0 Å². The van der Waals surface area contributed by atoms with Gasteiger partial charge in [0.05, 0.1) is 6.61 Å². The van der Waals surface area contributed by atoms with E-state index in [1.807, 2.05) is 0 Å². The van der Waals surface area contributed by atoms with Gasteiger partial charge in [-0.05, 0) is 18.3 Å². The van der Waals surface area contributed by atoms with E-state index in [9.17, 15) is 0 Å². The highest BCUT2D eigenvalue weighted by atomic mass is 16.5. The Labute approximate surface area is 81.0 Å². The lowest BCUT2D eigenvalue weighted by Crippen LogP contribution is -2.42. The molecule has 78 valence electrons. The summed E-state index contributed by atoms with van der Waals surface area (Å²) in [6.45, 7) is 8.04. The summed E-state index contributed by atoms with van der Waals surface area (Å²) in [6, 6.07) is 0.459. The van der Waals surface area contributed by atoms with Gasteiger partial charge in [-0.25, -0.2) is 0 Å². The zero-order valence-electron chi connectivity index (χ0n) is 8.75. The van der Waals surface area contributed by atoms with Crippen LogP contribution in [0.1, 0.15) is 20.3 Å². The lowest BCUT2D eigenvalue weighted by molar-refractivity contribution is 0.184. The Hall–Kier alpha value is -0.120. The van der Waals surface area contributed by atoms with Gasteiger partial charge in [0.2, 0.25) is 0 Å². The second kappa shape index (κ2) is 5.58. The summed E-state index contributed by atoms with van der Waals surface area (Å²) in [7, 11) is 0. The number of hydrogen-bond donors (Lipinski definition) is 2. The molecule has 0 radical (unpaired) electrons. The van der Waals surface area contributed by atoms with Crippen molar-refractivity contribution < 1.29 is 4.74 Å². The predicted octanol–water partition coefficient (Wildman–Crippen LogP) is 0.596. The molecule has 13 heavy (non-hydrogen) atoms. The molecule has 3 heteroatoms. The van der Waals surface area contributed by atoms with E-state index in [1.165, 1.54) is 6.42 Å². The number of hydrogen-bond acceptors (Lipinski definition) is 3. The summed E-state index contributed by atoms with van der Waals surface area (Å²) in [4.78, 5) is 0. The van der Waals surface area contributed by atoms with Gasteiger partial charge < -0.3 is 15.8 Å². The van der Waals surface area contributed by atoms with E-state index in [-0.39, 0.29) is 0 Å². The minimum atomic E-state index is 0.459. The number of ether oxygens (including phenoxy) is 1. The van der Waals surface area contributed by atoms with Gasteiger partial charge >= 0.3 is 0 Å². The zero-order valence-corrected chi connectivity index (χ0v) is 8.75. The molecule has 0 aromatic carbocycles. The topological polar surface area (TPSA) is 47.3 Å². The molecule has 1 fully saturated rings. The maximum atomic E-state index is 5.66. The van der Waals surface area contributed by atoms with Crippen LogP contribution in [0.4, 0.5) is 0 Å². The molecule has 1 heterocycles. The van der Waals surface area contributed by atoms with Crippen LogP contribution in [0, 0.1) is 11.8 Å². The van der Waals surface area contributed by atoms with Crippen LogP contribution in [0.5, 0.6) is 0 Å². The Morgan fingerprint density at radius 2 is 2.31 bits per heavy atom. The van der Waals surface area contributed by atoms with Crippen molar-refractivity contribution in [2.24, 2.45) is 17.6 Å². The maximum Gasteiger partial charge on any atom is 0.0507 e. The molecular weight excluding hydrogens is 164 g/mol. The monoisotopic (exact) mass is 186 g/mol. The van der Waals surface area contributed by atoms with Crippen molar-refractivity contribution in [2.75, 3.05) is 26.3 Å². The van der Waals surface area contributed by atoms with Crippen LogP contribution in [0.3, 0.4) is 0 Å². The van der Waals surface area contributed by atoms with E-state index in [1.54, 1.807) is 0 Å². The highest BCUT2D eigenvalue weighted by molar-refractivity contribution is 4.74. The smallest absolute Gasteiger partial charge is 0.0507 e. The quantitative estimate of drug-likeness (QED) is 0.661. The molecule has 0 spiro atoms. The van der Waals surface area contributed by atoms with Crippen LogP contribution in [0.2, 0.25) is 0 Å². The lowest BCUT2D eigenvalue weighted by Gasteiger charge is -2.22. The van der Waals surface area contributed by atoms with Gasteiger partial charge in [0.15, 0.2) is 0 Å². The van der Waals surface area contributed by atoms with Crippen LogP contribution in [0.15, 0.2) is 0 Å². The molecule has 2 unspecified atom stereocenters. The first-order valence-corrected chi connectivity index (χ1v) is 5.25. The molecule has 1 saturated heterocycles. The van der Waals surface area contributed by atoms with Crippen LogP contribution in [-0.4, -0.2) is 32.3 Å². The summed E-state index contributed by atoms with van der Waals surface area (Å²) in [5.74, 6) is 1.32. The van der Waals surface area contributed by atoms with Gasteiger partial charge in [-0.2, -0.15) is 0 Å². The van der Waals surface area contributed by atoms with Crippen molar-refractivity contribution in [1.29, 1.82) is 0 Å². The van der Waals surface area contributed by atoms with Crippen molar-refractivity contribution in [3.63, 3.8) is 0 Å². The molecule has 1 rings (SSSR count). The maximum absolute atomic E-state index is 5.66. The Balaban J connectivity index is 2.15. The molecule has 0 saturated carbocycles. The normalized spacial score (nSPS) is 25.4. The molecular formula is C10H22N2O. The summed E-state index contributed by atoms with van der Waals surface area (Å²) >= 11 is 0. The SMILES string of the molecule is CC(C)C(CN)NCC1CCOC1. The Morgan fingerprint density at radius 3 is 2.77 bits per heavy atom. The van der Waals surface area contributed by atoms with E-state index in [0.29, 0.717) is 17.9 Å². The second-order valence-electron chi connectivity index (χ2n) is 4.22. The van der Waals surface area contributed by atoms with Crippen LogP contribution in [-0.2, 0) is 4.74 Å². The van der Waals surface area contributed by atoms with E-state index < -0.39 is 0 Å².